The Kier molecular flexibility index (Phi) is 7.01. The summed E-state index contributed by atoms with van der Waals surface area (Å²) in [5.74, 6) is 0.656. The molecule has 0 fully saturated rings. The van der Waals surface area contributed by atoms with Gasteiger partial charge in [-0.15, -0.1) is 0 Å². The smallest absolute Gasteiger partial charge is 0.160 e. The minimum absolute atomic E-state index is 0.595. The third kappa shape index (κ3) is 4.64. The Hall–Kier alpha value is -8.34. The van der Waals surface area contributed by atoms with Crippen LogP contribution in [-0.4, -0.2) is 14.5 Å². The topological polar surface area (TPSA) is 43.9 Å². The number of para-hydroxylation sites is 5. The minimum Gasteiger partial charge on any atom is -0.455 e. The van der Waals surface area contributed by atoms with Gasteiger partial charge in [0.25, 0.3) is 0 Å². The fourth-order valence-corrected chi connectivity index (χ4v) is 11.1. The van der Waals surface area contributed by atoms with E-state index in [4.69, 9.17) is 14.4 Å². The van der Waals surface area contributed by atoms with E-state index in [1.165, 1.54) is 60.9 Å². The van der Waals surface area contributed by atoms with Crippen LogP contribution in [-0.2, 0) is 5.41 Å². The zero-order valence-corrected chi connectivity index (χ0v) is 34.0. The summed E-state index contributed by atoms with van der Waals surface area (Å²) >= 11 is 0. The largest absolute Gasteiger partial charge is 0.455 e. The average Bonchev–Trinajstić information content (AvgIpc) is 4.00. The van der Waals surface area contributed by atoms with Gasteiger partial charge in [-0.1, -0.05) is 176 Å². The second kappa shape index (κ2) is 12.8. The first kappa shape index (κ1) is 34.4. The highest BCUT2D eigenvalue weighted by Crippen LogP contribution is 2.61. The number of hydrogen-bond acceptors (Lipinski definition) is 3. The summed E-state index contributed by atoms with van der Waals surface area (Å²) in [6, 6.07) is 76.5. The molecule has 63 heavy (non-hydrogen) atoms. The monoisotopic (exact) mass is 801 g/mol. The molecular formula is C59H35N3O. The molecule has 3 aromatic heterocycles. The van der Waals surface area contributed by atoms with E-state index >= 15 is 0 Å². The van der Waals surface area contributed by atoms with Crippen LogP contribution in [0.25, 0.3) is 106 Å². The van der Waals surface area contributed by atoms with Crippen molar-refractivity contribution in [3.05, 3.63) is 235 Å². The zero-order chi connectivity index (χ0) is 41.2. The van der Waals surface area contributed by atoms with Crippen molar-refractivity contribution in [2.75, 3.05) is 0 Å². The molecule has 1 aliphatic carbocycles. The second-order valence-electron chi connectivity index (χ2n) is 16.8. The molecule has 0 bridgehead atoms. The van der Waals surface area contributed by atoms with E-state index in [1.54, 1.807) is 0 Å². The van der Waals surface area contributed by atoms with Crippen molar-refractivity contribution in [2.45, 2.75) is 5.41 Å². The van der Waals surface area contributed by atoms with Crippen LogP contribution >= 0.6 is 0 Å². The standard InChI is InChI=1S/C59H35N3O/c1-2-16-36(17-3-1)38-18-4-5-20-41(38)51-35-52(46-25-14-24-45-43-22-8-13-31-55(43)63-57(45)46)61-58(60-51)37-32-33-40-39-19-6-9-26-47(39)59(50(40)34-37)48-27-10-12-30-54(48)62-53-29-11-7-21-42(53)44-23-15-28-49(59)56(44)62/h1-35H. The summed E-state index contributed by atoms with van der Waals surface area (Å²) in [7, 11) is 0. The van der Waals surface area contributed by atoms with Gasteiger partial charge in [0.1, 0.15) is 11.2 Å². The van der Waals surface area contributed by atoms with Crippen LogP contribution in [0.4, 0.5) is 0 Å². The van der Waals surface area contributed by atoms with E-state index in [1.807, 2.05) is 12.1 Å². The highest BCUT2D eigenvalue weighted by atomic mass is 16.3. The molecule has 9 aromatic carbocycles. The second-order valence-corrected chi connectivity index (χ2v) is 16.8. The molecule has 0 saturated carbocycles. The first-order valence-electron chi connectivity index (χ1n) is 21.6. The van der Waals surface area contributed by atoms with E-state index in [0.29, 0.717) is 5.82 Å². The van der Waals surface area contributed by atoms with Crippen LogP contribution in [0, 0.1) is 0 Å². The number of fused-ring (bicyclic) bond motifs is 15. The molecule has 1 spiro atoms. The number of aromatic nitrogens is 3. The first-order valence-corrected chi connectivity index (χ1v) is 21.6. The number of furan rings is 1. The van der Waals surface area contributed by atoms with Crippen LogP contribution in [0.1, 0.15) is 22.3 Å². The molecule has 4 heterocycles. The SMILES string of the molecule is c1ccc(-c2ccccc2-c2cc(-c3cccc4c3oc3ccccc34)nc(-c3ccc4c(c3)C3(c5ccccc5-4)c4ccccc4-n4c5ccccc5c5cccc3c54)n2)cc1. The van der Waals surface area contributed by atoms with Crippen molar-refractivity contribution in [2.24, 2.45) is 0 Å². The van der Waals surface area contributed by atoms with Crippen molar-refractivity contribution >= 4 is 43.7 Å². The summed E-state index contributed by atoms with van der Waals surface area (Å²) in [4.78, 5) is 11.0. The average molecular weight is 802 g/mol. The molecule has 1 atom stereocenters. The molecule has 4 heteroatoms. The quantitative estimate of drug-likeness (QED) is 0.178. The van der Waals surface area contributed by atoms with Gasteiger partial charge < -0.3 is 8.98 Å². The molecule has 0 radical (unpaired) electrons. The number of nitrogens with zero attached hydrogens (tertiary/aromatic N) is 3. The van der Waals surface area contributed by atoms with Gasteiger partial charge in [-0.2, -0.15) is 0 Å². The van der Waals surface area contributed by atoms with Crippen molar-refractivity contribution in [1.29, 1.82) is 0 Å². The highest BCUT2D eigenvalue weighted by Gasteiger charge is 2.51. The Morgan fingerprint density at radius 1 is 0.381 bits per heavy atom. The lowest BCUT2D eigenvalue weighted by molar-refractivity contribution is 0.670. The normalized spacial score (nSPS) is 14.7. The van der Waals surface area contributed by atoms with Gasteiger partial charge in [0.15, 0.2) is 5.82 Å². The maximum Gasteiger partial charge on any atom is 0.160 e. The Morgan fingerprint density at radius 2 is 1.00 bits per heavy atom. The molecular weight excluding hydrogens is 767 g/mol. The Balaban J connectivity index is 1.06. The molecule has 0 saturated heterocycles. The maximum absolute atomic E-state index is 6.64. The van der Waals surface area contributed by atoms with Gasteiger partial charge in [0, 0.05) is 38.2 Å². The molecule has 1 aliphatic heterocycles. The summed E-state index contributed by atoms with van der Waals surface area (Å²) < 4.78 is 9.14. The Morgan fingerprint density at radius 3 is 1.89 bits per heavy atom. The first-order chi connectivity index (χ1) is 31.3. The fraction of sp³-hybridized carbons (Fsp3) is 0.0169. The van der Waals surface area contributed by atoms with Gasteiger partial charge in [0.05, 0.1) is 33.5 Å². The predicted octanol–water partition coefficient (Wildman–Crippen LogP) is 14.8. The van der Waals surface area contributed by atoms with Crippen LogP contribution in [0.3, 0.4) is 0 Å². The number of hydrogen-bond donors (Lipinski definition) is 0. The maximum atomic E-state index is 6.64. The van der Waals surface area contributed by atoms with Gasteiger partial charge in [-0.25, -0.2) is 9.97 Å². The lowest BCUT2D eigenvalue weighted by atomic mass is 9.65. The van der Waals surface area contributed by atoms with Crippen molar-refractivity contribution < 1.29 is 4.42 Å². The molecule has 14 rings (SSSR count). The molecule has 1 unspecified atom stereocenters. The van der Waals surface area contributed by atoms with Gasteiger partial charge in [-0.05, 0) is 80.9 Å². The van der Waals surface area contributed by atoms with E-state index in [-0.39, 0.29) is 0 Å². The molecule has 4 nitrogen and oxygen atoms in total. The van der Waals surface area contributed by atoms with Crippen LogP contribution < -0.4 is 0 Å². The van der Waals surface area contributed by atoms with Crippen LogP contribution in [0.15, 0.2) is 217 Å². The lowest BCUT2D eigenvalue weighted by Crippen LogP contribution is -2.33. The van der Waals surface area contributed by atoms with Crippen molar-refractivity contribution in [3.63, 3.8) is 0 Å². The summed E-state index contributed by atoms with van der Waals surface area (Å²) in [6.07, 6.45) is 0. The Labute approximate surface area is 363 Å². The highest BCUT2D eigenvalue weighted by molar-refractivity contribution is 6.13. The van der Waals surface area contributed by atoms with Gasteiger partial charge in [0.2, 0.25) is 0 Å². The van der Waals surface area contributed by atoms with E-state index in [0.717, 1.165) is 61.1 Å². The molecule has 0 N–H and O–H groups in total. The van der Waals surface area contributed by atoms with Crippen molar-refractivity contribution in [3.8, 4) is 61.8 Å². The van der Waals surface area contributed by atoms with E-state index in [2.05, 4.69) is 205 Å². The summed E-state index contributed by atoms with van der Waals surface area (Å²) in [6.45, 7) is 0. The third-order valence-corrected chi connectivity index (χ3v) is 13.6. The van der Waals surface area contributed by atoms with Crippen LogP contribution in [0.5, 0.6) is 0 Å². The van der Waals surface area contributed by atoms with Crippen molar-refractivity contribution in [1.82, 2.24) is 14.5 Å². The summed E-state index contributed by atoms with van der Waals surface area (Å²) in [5.41, 5.74) is 19.1. The molecule has 12 aromatic rings. The lowest BCUT2D eigenvalue weighted by Gasteiger charge is -2.39. The fourth-order valence-electron chi connectivity index (χ4n) is 11.1. The predicted molar refractivity (Wildman–Crippen MR) is 256 cm³/mol. The minimum atomic E-state index is -0.595. The molecule has 2 aliphatic rings. The van der Waals surface area contributed by atoms with Crippen LogP contribution in [0.2, 0.25) is 0 Å². The van der Waals surface area contributed by atoms with Gasteiger partial charge in [-0.3, -0.25) is 0 Å². The molecule has 292 valence electrons. The summed E-state index contributed by atoms with van der Waals surface area (Å²) in [5, 5.41) is 4.67. The van der Waals surface area contributed by atoms with Gasteiger partial charge >= 0.3 is 0 Å². The molecule has 0 amide bonds. The number of rotatable bonds is 4. The van der Waals surface area contributed by atoms with E-state index < -0.39 is 5.41 Å². The third-order valence-electron chi connectivity index (χ3n) is 13.6. The Bertz CT molecular complexity index is 3880. The number of benzene rings is 9. The zero-order valence-electron chi connectivity index (χ0n) is 34.0. The van der Waals surface area contributed by atoms with E-state index in [9.17, 15) is 0 Å².